The minimum absolute atomic E-state index is 0.0727. The second kappa shape index (κ2) is 9.44. The van der Waals surface area contributed by atoms with Gasteiger partial charge in [0.1, 0.15) is 30.2 Å². The van der Waals surface area contributed by atoms with E-state index in [1.165, 1.54) is 29.0 Å². The SMILES string of the molecule is N#C[C@@]1(c2ccc3c(NC(=O)c4ccccc4)ncnn23)OC(CO)=C(O)C1OC(=O)c1ccccc1. The van der Waals surface area contributed by atoms with E-state index in [0.717, 1.165) is 0 Å². The molecule has 0 bridgehead atoms. The zero-order chi connectivity index (χ0) is 26.0. The summed E-state index contributed by atoms with van der Waals surface area (Å²) in [5.41, 5.74) is -1.12. The van der Waals surface area contributed by atoms with Crippen LogP contribution < -0.4 is 5.32 Å². The zero-order valence-corrected chi connectivity index (χ0v) is 19.1. The normalized spacial score (nSPS) is 18.8. The number of aromatic nitrogens is 3. The Hall–Kier alpha value is -5.21. The number of anilines is 1. The molecule has 4 aromatic rings. The van der Waals surface area contributed by atoms with Gasteiger partial charge < -0.3 is 25.0 Å². The second-order valence-corrected chi connectivity index (χ2v) is 8.01. The van der Waals surface area contributed by atoms with Crippen molar-refractivity contribution in [3.05, 3.63) is 107 Å². The van der Waals surface area contributed by atoms with Crippen molar-refractivity contribution in [2.24, 2.45) is 0 Å². The number of amides is 1. The van der Waals surface area contributed by atoms with Crippen molar-refractivity contribution in [1.29, 1.82) is 5.26 Å². The van der Waals surface area contributed by atoms with Crippen LogP contribution in [0.4, 0.5) is 5.82 Å². The lowest BCUT2D eigenvalue weighted by Crippen LogP contribution is -2.41. The molecule has 11 nitrogen and oxygen atoms in total. The van der Waals surface area contributed by atoms with Gasteiger partial charge in [0.05, 0.1) is 5.56 Å². The zero-order valence-electron chi connectivity index (χ0n) is 19.1. The molecule has 1 aliphatic rings. The lowest BCUT2D eigenvalue weighted by Gasteiger charge is -2.27. The Morgan fingerprint density at radius 1 is 1.08 bits per heavy atom. The van der Waals surface area contributed by atoms with Crippen LogP contribution in [0.25, 0.3) is 5.52 Å². The summed E-state index contributed by atoms with van der Waals surface area (Å²) in [6, 6.07) is 21.5. The molecule has 1 amide bonds. The van der Waals surface area contributed by atoms with Gasteiger partial charge in [0.25, 0.3) is 11.5 Å². The number of esters is 1. The maximum absolute atomic E-state index is 12.8. The molecule has 0 aliphatic carbocycles. The number of benzene rings is 2. The molecule has 37 heavy (non-hydrogen) atoms. The highest BCUT2D eigenvalue weighted by atomic mass is 16.6. The molecule has 3 heterocycles. The van der Waals surface area contributed by atoms with Gasteiger partial charge in [-0.05, 0) is 36.4 Å². The molecule has 5 rings (SSSR count). The highest BCUT2D eigenvalue weighted by Gasteiger charge is 2.57. The first kappa shape index (κ1) is 23.5. The Morgan fingerprint density at radius 3 is 2.41 bits per heavy atom. The molecule has 1 unspecified atom stereocenters. The standard InChI is InChI=1S/C26H19N5O6/c27-14-26(22(21(33)19(13-32)37-26)36-25(35)17-9-5-2-6-10-17)20-12-11-18-23(28-15-29-31(18)20)30-24(34)16-7-3-1-4-8-16/h1-12,15,22,32-33H,13H2,(H,28,29,30,34)/t22?,26-/m0/s1. The van der Waals surface area contributed by atoms with Crippen LogP contribution in [0.1, 0.15) is 26.4 Å². The molecule has 3 N–H and O–H groups in total. The van der Waals surface area contributed by atoms with Crippen LogP contribution in [0, 0.1) is 11.3 Å². The summed E-state index contributed by atoms with van der Waals surface area (Å²) in [5.74, 6) is -2.00. The van der Waals surface area contributed by atoms with E-state index in [0.29, 0.717) is 11.1 Å². The van der Waals surface area contributed by atoms with Gasteiger partial charge in [-0.3, -0.25) is 4.79 Å². The first-order valence-corrected chi connectivity index (χ1v) is 11.1. The van der Waals surface area contributed by atoms with E-state index >= 15 is 0 Å². The van der Waals surface area contributed by atoms with Crippen molar-refractivity contribution in [1.82, 2.24) is 14.6 Å². The summed E-state index contributed by atoms with van der Waals surface area (Å²) in [4.78, 5) is 29.7. The van der Waals surface area contributed by atoms with Gasteiger partial charge in [-0.1, -0.05) is 36.4 Å². The van der Waals surface area contributed by atoms with E-state index in [1.54, 1.807) is 54.6 Å². The van der Waals surface area contributed by atoms with Gasteiger partial charge in [-0.15, -0.1) is 0 Å². The number of rotatable bonds is 6. The lowest BCUT2D eigenvalue weighted by atomic mass is 9.94. The Labute approximate surface area is 209 Å². The summed E-state index contributed by atoms with van der Waals surface area (Å²) in [6.07, 6.45) is -0.453. The maximum atomic E-state index is 12.8. The molecule has 0 radical (unpaired) electrons. The van der Waals surface area contributed by atoms with E-state index in [-0.39, 0.29) is 22.8 Å². The molecule has 2 aromatic heterocycles. The molecule has 0 saturated heterocycles. The third-order valence-corrected chi connectivity index (χ3v) is 5.83. The van der Waals surface area contributed by atoms with Gasteiger partial charge in [-0.2, -0.15) is 10.4 Å². The third kappa shape index (κ3) is 4.01. The van der Waals surface area contributed by atoms with Gasteiger partial charge in [-0.25, -0.2) is 14.3 Å². The number of carbonyl (C=O) groups excluding carboxylic acids is 2. The molecule has 0 saturated carbocycles. The predicted octanol–water partition coefficient (Wildman–Crippen LogP) is 2.72. The quantitative estimate of drug-likeness (QED) is 0.340. The van der Waals surface area contributed by atoms with E-state index in [9.17, 15) is 25.1 Å². The minimum Gasteiger partial charge on any atom is -0.505 e. The van der Waals surface area contributed by atoms with Crippen molar-refractivity contribution >= 4 is 23.2 Å². The summed E-state index contributed by atoms with van der Waals surface area (Å²) in [7, 11) is 0. The highest BCUT2D eigenvalue weighted by molar-refractivity contribution is 6.05. The highest BCUT2D eigenvalue weighted by Crippen LogP contribution is 2.43. The Bertz CT molecular complexity index is 1560. The number of nitriles is 1. The van der Waals surface area contributed by atoms with Crippen molar-refractivity contribution in [3.8, 4) is 6.07 Å². The van der Waals surface area contributed by atoms with E-state index in [1.807, 2.05) is 6.07 Å². The van der Waals surface area contributed by atoms with Crippen molar-refractivity contribution < 1.29 is 29.3 Å². The molecule has 184 valence electrons. The first-order valence-electron chi connectivity index (χ1n) is 11.1. The van der Waals surface area contributed by atoms with Gasteiger partial charge >= 0.3 is 5.97 Å². The van der Waals surface area contributed by atoms with Gasteiger partial charge in [0.15, 0.2) is 17.3 Å². The van der Waals surface area contributed by atoms with Crippen LogP contribution in [0.15, 0.2) is 90.6 Å². The fourth-order valence-electron chi connectivity index (χ4n) is 4.05. The van der Waals surface area contributed by atoms with Gasteiger partial charge in [0, 0.05) is 5.56 Å². The molecule has 2 aromatic carbocycles. The average Bonchev–Trinajstić information content (AvgIpc) is 3.50. The van der Waals surface area contributed by atoms with E-state index in [2.05, 4.69) is 15.4 Å². The number of nitrogens with one attached hydrogen (secondary N) is 1. The number of carbonyl (C=O) groups is 2. The number of ether oxygens (including phenoxy) is 2. The Kier molecular flexibility index (Phi) is 6.01. The topological polar surface area (TPSA) is 159 Å². The number of nitrogens with zero attached hydrogens (tertiary/aromatic N) is 4. The van der Waals surface area contributed by atoms with Crippen molar-refractivity contribution in [3.63, 3.8) is 0 Å². The minimum atomic E-state index is -2.10. The van der Waals surface area contributed by atoms with E-state index < -0.39 is 35.9 Å². The van der Waals surface area contributed by atoms with Crippen molar-refractivity contribution in [2.75, 3.05) is 11.9 Å². The summed E-state index contributed by atoms with van der Waals surface area (Å²) in [6.45, 7) is -0.745. The molecule has 2 atom stereocenters. The number of hydrogen-bond acceptors (Lipinski definition) is 9. The Morgan fingerprint density at radius 2 is 1.76 bits per heavy atom. The van der Waals surface area contributed by atoms with Crippen molar-refractivity contribution in [2.45, 2.75) is 11.7 Å². The lowest BCUT2D eigenvalue weighted by molar-refractivity contribution is -0.0451. The largest absolute Gasteiger partial charge is 0.505 e. The third-order valence-electron chi connectivity index (χ3n) is 5.83. The van der Waals surface area contributed by atoms with Crippen LogP contribution in [-0.2, 0) is 15.1 Å². The van der Waals surface area contributed by atoms with E-state index in [4.69, 9.17) is 9.47 Å². The summed E-state index contributed by atoms with van der Waals surface area (Å²) >= 11 is 0. The Balaban J connectivity index is 1.55. The number of aliphatic hydroxyl groups excluding tert-OH is 2. The monoisotopic (exact) mass is 497 g/mol. The molecule has 1 aliphatic heterocycles. The van der Waals surface area contributed by atoms with Crippen LogP contribution in [0.3, 0.4) is 0 Å². The predicted molar refractivity (Wildman–Crippen MR) is 128 cm³/mol. The van der Waals surface area contributed by atoms with Crippen LogP contribution in [0.2, 0.25) is 0 Å². The number of fused-ring (bicyclic) bond motifs is 1. The number of hydrogen-bond donors (Lipinski definition) is 3. The van der Waals surface area contributed by atoms with Crippen LogP contribution >= 0.6 is 0 Å². The maximum Gasteiger partial charge on any atom is 0.339 e. The summed E-state index contributed by atoms with van der Waals surface area (Å²) in [5, 5.41) is 37.7. The van der Waals surface area contributed by atoms with Gasteiger partial charge in [0.2, 0.25) is 6.10 Å². The molecular formula is C26H19N5O6. The second-order valence-electron chi connectivity index (χ2n) is 8.01. The summed E-state index contributed by atoms with van der Waals surface area (Å²) < 4.78 is 12.6. The fraction of sp³-hybridized carbons (Fsp3) is 0.115. The molecule has 0 spiro atoms. The number of aliphatic hydroxyl groups is 2. The molecule has 0 fully saturated rings. The van der Waals surface area contributed by atoms with Crippen LogP contribution in [-0.4, -0.2) is 49.4 Å². The average molecular weight is 497 g/mol. The molecular weight excluding hydrogens is 478 g/mol. The van der Waals surface area contributed by atoms with Crippen LogP contribution in [0.5, 0.6) is 0 Å². The fourth-order valence-corrected chi connectivity index (χ4v) is 4.05. The molecule has 11 heteroatoms. The smallest absolute Gasteiger partial charge is 0.339 e. The first-order chi connectivity index (χ1) is 18.0.